The number of aryl methyl sites for hydroxylation is 2. The van der Waals surface area contributed by atoms with Gasteiger partial charge in [0, 0.05) is 18.3 Å². The summed E-state index contributed by atoms with van der Waals surface area (Å²) in [5.41, 5.74) is 3.74. The Labute approximate surface area is 126 Å². The Morgan fingerprint density at radius 3 is 2.77 bits per heavy atom. The number of hydrogen-bond donors (Lipinski definition) is 2. The summed E-state index contributed by atoms with van der Waals surface area (Å²) in [5, 5.41) is 18.2. The lowest BCUT2D eigenvalue weighted by atomic mass is 10.2. The largest absolute Gasteiger partial charge is 0.506 e. The van der Waals surface area contributed by atoms with E-state index in [0.29, 0.717) is 11.3 Å². The fraction of sp³-hybridized carbons (Fsp3) is 0.188. The molecule has 6 nitrogen and oxygen atoms in total. The van der Waals surface area contributed by atoms with Crippen LogP contribution < -0.4 is 5.62 Å². The summed E-state index contributed by atoms with van der Waals surface area (Å²) in [4.78, 5) is 15.3. The van der Waals surface area contributed by atoms with Crippen LogP contribution in [0.4, 0.5) is 0 Å². The van der Waals surface area contributed by atoms with E-state index in [4.69, 9.17) is 5.41 Å². The van der Waals surface area contributed by atoms with Gasteiger partial charge >= 0.3 is 0 Å². The number of rotatable bonds is 3. The number of aldehydes is 1. The Balaban J connectivity index is 2.21. The van der Waals surface area contributed by atoms with Crippen molar-refractivity contribution >= 4 is 17.3 Å². The van der Waals surface area contributed by atoms with Crippen molar-refractivity contribution < 1.29 is 9.90 Å². The number of imidazole rings is 1. The maximum atomic E-state index is 11.0. The van der Waals surface area contributed by atoms with Crippen LogP contribution in [0.5, 0.6) is 5.75 Å². The highest BCUT2D eigenvalue weighted by molar-refractivity contribution is 5.85. The molecule has 0 radical (unpaired) electrons. The van der Waals surface area contributed by atoms with Gasteiger partial charge < -0.3 is 14.2 Å². The lowest BCUT2D eigenvalue weighted by Crippen LogP contribution is -2.23. The summed E-state index contributed by atoms with van der Waals surface area (Å²) in [7, 11) is 1.80. The Bertz CT molecular complexity index is 937. The van der Waals surface area contributed by atoms with Gasteiger partial charge in [-0.25, -0.2) is 0 Å². The van der Waals surface area contributed by atoms with Gasteiger partial charge in [0.1, 0.15) is 17.7 Å². The highest BCUT2D eigenvalue weighted by Gasteiger charge is 2.12. The number of aromatic nitrogens is 3. The third kappa shape index (κ3) is 2.18. The predicted molar refractivity (Wildman–Crippen MR) is 81.9 cm³/mol. The fourth-order valence-corrected chi connectivity index (χ4v) is 2.55. The molecule has 6 heteroatoms. The van der Waals surface area contributed by atoms with Crippen LogP contribution >= 0.6 is 0 Å². The standard InChI is InChI=1S/C16H16N4O2/c1-10-3-6-15(22)12(18-10)8-20-14-7-11(9-21)4-5-13(14)19(2)16(20)17/h3-7,9,17,22H,8H2,1-2H3. The highest BCUT2D eigenvalue weighted by atomic mass is 16.3. The van der Waals surface area contributed by atoms with Crippen LogP contribution in [-0.4, -0.2) is 25.5 Å². The Morgan fingerprint density at radius 2 is 2.05 bits per heavy atom. The summed E-state index contributed by atoms with van der Waals surface area (Å²) in [6.07, 6.45) is 0.781. The molecule has 0 aliphatic rings. The van der Waals surface area contributed by atoms with Gasteiger partial charge in [-0.3, -0.25) is 15.2 Å². The normalized spacial score (nSPS) is 11.0. The molecule has 0 saturated carbocycles. The summed E-state index contributed by atoms with van der Waals surface area (Å²) >= 11 is 0. The van der Waals surface area contributed by atoms with E-state index in [9.17, 15) is 9.90 Å². The van der Waals surface area contributed by atoms with Crippen molar-refractivity contribution in [3.63, 3.8) is 0 Å². The Kier molecular flexibility index (Phi) is 3.29. The number of nitrogens with one attached hydrogen (secondary N) is 1. The number of nitrogens with zero attached hydrogens (tertiary/aromatic N) is 3. The molecule has 1 aromatic carbocycles. The second-order valence-electron chi connectivity index (χ2n) is 5.25. The van der Waals surface area contributed by atoms with Crippen molar-refractivity contribution in [1.29, 1.82) is 5.41 Å². The molecule has 0 saturated heterocycles. The molecule has 0 spiro atoms. The molecule has 0 aliphatic heterocycles. The first kappa shape index (κ1) is 14.1. The number of pyridine rings is 1. The van der Waals surface area contributed by atoms with Gasteiger partial charge in [-0.15, -0.1) is 0 Å². The topological polar surface area (TPSA) is 83.9 Å². The van der Waals surface area contributed by atoms with Crippen molar-refractivity contribution in [3.05, 3.63) is 52.9 Å². The van der Waals surface area contributed by atoms with E-state index in [1.807, 2.05) is 13.0 Å². The van der Waals surface area contributed by atoms with Crippen LogP contribution in [0.3, 0.4) is 0 Å². The smallest absolute Gasteiger partial charge is 0.203 e. The minimum absolute atomic E-state index is 0.0982. The number of fused-ring (bicyclic) bond motifs is 1. The highest BCUT2D eigenvalue weighted by Crippen LogP contribution is 2.19. The van der Waals surface area contributed by atoms with Gasteiger partial charge in [0.25, 0.3) is 0 Å². The number of benzene rings is 1. The maximum absolute atomic E-state index is 11.0. The average Bonchev–Trinajstić information content (AvgIpc) is 2.75. The summed E-state index contributed by atoms with van der Waals surface area (Å²) in [5.74, 6) is 0.0982. The van der Waals surface area contributed by atoms with E-state index in [0.717, 1.165) is 23.0 Å². The lowest BCUT2D eigenvalue weighted by Gasteiger charge is -2.07. The van der Waals surface area contributed by atoms with Gasteiger partial charge in [0.05, 0.1) is 17.6 Å². The lowest BCUT2D eigenvalue weighted by molar-refractivity contribution is 0.112. The summed E-state index contributed by atoms with van der Waals surface area (Å²) < 4.78 is 3.46. The SMILES string of the molecule is Cc1ccc(O)c(Cn2c(=N)n(C)c3ccc(C=O)cc32)n1. The van der Waals surface area contributed by atoms with Crippen LogP contribution in [0.25, 0.3) is 11.0 Å². The molecule has 3 aromatic rings. The zero-order valence-electron chi connectivity index (χ0n) is 12.4. The van der Waals surface area contributed by atoms with E-state index < -0.39 is 0 Å². The summed E-state index contributed by atoms with van der Waals surface area (Å²) in [6, 6.07) is 8.62. The molecule has 0 amide bonds. The van der Waals surface area contributed by atoms with Crippen molar-refractivity contribution in [2.24, 2.45) is 7.05 Å². The minimum Gasteiger partial charge on any atom is -0.506 e. The number of carbonyl (C=O) groups excluding carboxylic acids is 1. The molecule has 112 valence electrons. The van der Waals surface area contributed by atoms with Crippen LogP contribution in [0.15, 0.2) is 30.3 Å². The van der Waals surface area contributed by atoms with Crippen molar-refractivity contribution in [2.45, 2.75) is 13.5 Å². The van der Waals surface area contributed by atoms with Gasteiger partial charge in [-0.2, -0.15) is 0 Å². The van der Waals surface area contributed by atoms with E-state index in [1.165, 1.54) is 0 Å². The van der Waals surface area contributed by atoms with Gasteiger partial charge in [0.2, 0.25) is 5.62 Å². The monoisotopic (exact) mass is 296 g/mol. The first-order chi connectivity index (χ1) is 10.5. The summed E-state index contributed by atoms with van der Waals surface area (Å²) in [6.45, 7) is 2.12. The predicted octanol–water partition coefficient (Wildman–Crippen LogP) is 1.73. The number of hydrogen-bond acceptors (Lipinski definition) is 4. The molecule has 2 N–H and O–H groups in total. The first-order valence-electron chi connectivity index (χ1n) is 6.86. The molecule has 3 rings (SSSR count). The molecule has 0 atom stereocenters. The molecule has 0 fully saturated rings. The first-order valence-corrected chi connectivity index (χ1v) is 6.86. The minimum atomic E-state index is 0.0982. The third-order valence-corrected chi connectivity index (χ3v) is 3.76. The van der Waals surface area contributed by atoms with Crippen molar-refractivity contribution in [1.82, 2.24) is 14.1 Å². The Hall–Kier alpha value is -2.89. The number of aromatic hydroxyl groups is 1. The van der Waals surface area contributed by atoms with E-state index in [-0.39, 0.29) is 17.9 Å². The fourth-order valence-electron chi connectivity index (χ4n) is 2.55. The average molecular weight is 296 g/mol. The maximum Gasteiger partial charge on any atom is 0.203 e. The molecule has 2 aromatic heterocycles. The van der Waals surface area contributed by atoms with E-state index >= 15 is 0 Å². The third-order valence-electron chi connectivity index (χ3n) is 3.76. The zero-order valence-corrected chi connectivity index (χ0v) is 12.4. The molecular weight excluding hydrogens is 280 g/mol. The number of carbonyl (C=O) groups is 1. The molecule has 2 heterocycles. The molecule has 22 heavy (non-hydrogen) atoms. The quantitative estimate of drug-likeness (QED) is 0.722. The van der Waals surface area contributed by atoms with Crippen molar-refractivity contribution in [2.75, 3.05) is 0 Å². The molecule has 0 aliphatic carbocycles. The molecule has 0 bridgehead atoms. The van der Waals surface area contributed by atoms with Crippen LogP contribution in [0.1, 0.15) is 21.7 Å². The van der Waals surface area contributed by atoms with Crippen molar-refractivity contribution in [3.8, 4) is 5.75 Å². The zero-order chi connectivity index (χ0) is 15.9. The Morgan fingerprint density at radius 1 is 1.27 bits per heavy atom. The van der Waals surface area contributed by atoms with Crippen LogP contribution in [-0.2, 0) is 13.6 Å². The van der Waals surface area contributed by atoms with Crippen LogP contribution in [0.2, 0.25) is 0 Å². The van der Waals surface area contributed by atoms with Gasteiger partial charge in [-0.1, -0.05) is 0 Å². The second-order valence-corrected chi connectivity index (χ2v) is 5.25. The second kappa shape index (κ2) is 5.14. The molecule has 0 unspecified atom stereocenters. The van der Waals surface area contributed by atoms with Gasteiger partial charge in [0.15, 0.2) is 0 Å². The molecular formula is C16H16N4O2. The van der Waals surface area contributed by atoms with E-state index in [1.54, 1.807) is 40.4 Å². The van der Waals surface area contributed by atoms with Crippen LogP contribution in [0, 0.1) is 12.3 Å². The van der Waals surface area contributed by atoms with Gasteiger partial charge in [-0.05, 0) is 37.3 Å². The van der Waals surface area contributed by atoms with E-state index in [2.05, 4.69) is 4.98 Å².